The molecule has 0 bridgehead atoms. The molecule has 1 atom stereocenters. The van der Waals surface area contributed by atoms with Crippen molar-refractivity contribution in [2.75, 3.05) is 33.4 Å². The zero-order valence-corrected chi connectivity index (χ0v) is 14.9. The fourth-order valence-electron chi connectivity index (χ4n) is 2.75. The molecule has 24 heavy (non-hydrogen) atoms. The Kier molecular flexibility index (Phi) is 6.73. The third kappa shape index (κ3) is 5.30. The Bertz CT molecular complexity index is 554. The van der Waals surface area contributed by atoms with Crippen LogP contribution in [0.2, 0.25) is 0 Å². The fraction of sp³-hybridized carbons (Fsp3) is 0.611. The van der Waals surface area contributed by atoms with Crippen LogP contribution in [0.1, 0.15) is 32.3 Å². The number of nitrogens with one attached hydrogen (secondary N) is 2. The van der Waals surface area contributed by atoms with Gasteiger partial charge in [-0.25, -0.2) is 0 Å². The summed E-state index contributed by atoms with van der Waals surface area (Å²) in [6.45, 7) is 7.23. The fourth-order valence-corrected chi connectivity index (χ4v) is 2.75. The first kappa shape index (κ1) is 18.4. The lowest BCUT2D eigenvalue weighted by Gasteiger charge is -2.21. The first-order valence-electron chi connectivity index (χ1n) is 8.58. The maximum atomic E-state index is 9.64. The highest BCUT2D eigenvalue weighted by Crippen LogP contribution is 2.26. The van der Waals surface area contributed by atoms with Gasteiger partial charge >= 0.3 is 0 Å². The summed E-state index contributed by atoms with van der Waals surface area (Å²) in [6.07, 6.45) is 2.98. The van der Waals surface area contributed by atoms with Gasteiger partial charge in [0.2, 0.25) is 0 Å². The summed E-state index contributed by atoms with van der Waals surface area (Å²) in [7, 11) is 1.55. The van der Waals surface area contributed by atoms with E-state index in [9.17, 15) is 5.11 Å². The van der Waals surface area contributed by atoms with E-state index in [2.05, 4.69) is 29.5 Å². The second-order valence-electron chi connectivity index (χ2n) is 6.28. The molecule has 1 aromatic rings. The van der Waals surface area contributed by atoms with E-state index in [0.29, 0.717) is 12.3 Å². The Labute approximate surface area is 144 Å². The first-order valence-corrected chi connectivity index (χ1v) is 8.58. The molecule has 0 spiro atoms. The maximum Gasteiger partial charge on any atom is 0.191 e. The Hall–Kier alpha value is -1.95. The van der Waals surface area contributed by atoms with Gasteiger partial charge in [0.1, 0.15) is 0 Å². The average Bonchev–Trinajstić information content (AvgIpc) is 3.01. The standard InChI is InChI=1S/C18H29N3O3/c1-4-19-17(21-13-18(2)9-5-11-24-18)20-10-8-14-6-7-15(22)16(12-14)23-3/h6-7,12,22H,4-5,8-11,13H2,1-3H3,(H2,19,20,21). The number of ether oxygens (including phenoxy) is 2. The lowest BCUT2D eigenvalue weighted by atomic mass is 10.0. The minimum Gasteiger partial charge on any atom is -0.504 e. The van der Waals surface area contributed by atoms with Crippen molar-refractivity contribution in [3.05, 3.63) is 23.8 Å². The van der Waals surface area contributed by atoms with Crippen LogP contribution in [0.3, 0.4) is 0 Å². The minimum atomic E-state index is -0.132. The number of nitrogens with zero attached hydrogens (tertiary/aromatic N) is 1. The van der Waals surface area contributed by atoms with Crippen LogP contribution < -0.4 is 15.4 Å². The van der Waals surface area contributed by atoms with Crippen LogP contribution in [0.5, 0.6) is 11.5 Å². The number of aliphatic imine (C=N–C) groups is 1. The Morgan fingerprint density at radius 3 is 2.92 bits per heavy atom. The quantitative estimate of drug-likeness (QED) is 0.525. The summed E-state index contributed by atoms with van der Waals surface area (Å²) in [5, 5.41) is 16.2. The highest BCUT2D eigenvalue weighted by Gasteiger charge is 2.29. The van der Waals surface area contributed by atoms with E-state index in [4.69, 9.17) is 9.47 Å². The van der Waals surface area contributed by atoms with Crippen molar-refractivity contribution in [1.29, 1.82) is 0 Å². The second-order valence-corrected chi connectivity index (χ2v) is 6.28. The second kappa shape index (κ2) is 8.78. The molecule has 0 saturated carbocycles. The van der Waals surface area contributed by atoms with E-state index in [-0.39, 0.29) is 11.4 Å². The van der Waals surface area contributed by atoms with Crippen LogP contribution in [0.15, 0.2) is 23.2 Å². The van der Waals surface area contributed by atoms with Gasteiger partial charge in [0, 0.05) is 19.7 Å². The molecule has 1 aliphatic rings. The summed E-state index contributed by atoms with van der Waals surface area (Å²) in [6, 6.07) is 5.41. The molecule has 0 amide bonds. The van der Waals surface area contributed by atoms with Crippen molar-refractivity contribution in [2.24, 2.45) is 4.99 Å². The number of benzene rings is 1. The van der Waals surface area contributed by atoms with Gasteiger partial charge in [-0.1, -0.05) is 6.07 Å². The monoisotopic (exact) mass is 335 g/mol. The number of rotatable bonds is 7. The summed E-state index contributed by atoms with van der Waals surface area (Å²) in [5.41, 5.74) is 0.964. The van der Waals surface area contributed by atoms with Crippen LogP contribution in [0.4, 0.5) is 0 Å². The molecular formula is C18H29N3O3. The van der Waals surface area contributed by atoms with Gasteiger partial charge in [0.05, 0.1) is 19.3 Å². The van der Waals surface area contributed by atoms with Crippen molar-refractivity contribution in [3.63, 3.8) is 0 Å². The van der Waals surface area contributed by atoms with Crippen LogP contribution in [0, 0.1) is 0 Å². The Balaban J connectivity index is 1.86. The third-order valence-electron chi connectivity index (χ3n) is 4.17. The van der Waals surface area contributed by atoms with Crippen LogP contribution in [-0.2, 0) is 11.2 Å². The van der Waals surface area contributed by atoms with Gasteiger partial charge < -0.3 is 25.2 Å². The molecule has 1 heterocycles. The number of aromatic hydroxyl groups is 1. The maximum absolute atomic E-state index is 9.64. The van der Waals surface area contributed by atoms with Gasteiger partial charge in [-0.15, -0.1) is 0 Å². The lowest BCUT2D eigenvalue weighted by molar-refractivity contribution is 0.0283. The number of phenolic OH excluding ortho intramolecular Hbond substituents is 1. The van der Waals surface area contributed by atoms with Crippen molar-refractivity contribution in [1.82, 2.24) is 10.6 Å². The molecule has 0 aliphatic carbocycles. The van der Waals surface area contributed by atoms with E-state index in [0.717, 1.165) is 50.5 Å². The van der Waals surface area contributed by atoms with Gasteiger partial charge in [0.15, 0.2) is 17.5 Å². The molecule has 134 valence electrons. The lowest BCUT2D eigenvalue weighted by Crippen LogP contribution is -2.40. The smallest absolute Gasteiger partial charge is 0.191 e. The molecule has 3 N–H and O–H groups in total. The van der Waals surface area contributed by atoms with E-state index in [1.165, 1.54) is 0 Å². The number of hydrogen-bond acceptors (Lipinski definition) is 4. The minimum absolute atomic E-state index is 0.132. The van der Waals surface area contributed by atoms with Gasteiger partial charge in [-0.3, -0.25) is 4.99 Å². The number of methoxy groups -OCH3 is 1. The summed E-state index contributed by atoms with van der Waals surface area (Å²) < 4.78 is 10.9. The van der Waals surface area contributed by atoms with Crippen molar-refractivity contribution >= 4 is 5.96 Å². The molecular weight excluding hydrogens is 306 g/mol. The molecule has 6 nitrogen and oxygen atoms in total. The van der Waals surface area contributed by atoms with Crippen molar-refractivity contribution in [2.45, 2.75) is 38.7 Å². The molecule has 1 aliphatic heterocycles. The molecule has 0 radical (unpaired) electrons. The van der Waals surface area contributed by atoms with E-state index < -0.39 is 0 Å². The van der Waals surface area contributed by atoms with Crippen LogP contribution >= 0.6 is 0 Å². The molecule has 2 rings (SSSR count). The third-order valence-corrected chi connectivity index (χ3v) is 4.17. The predicted molar refractivity (Wildman–Crippen MR) is 95.9 cm³/mol. The van der Waals surface area contributed by atoms with Gasteiger partial charge in [-0.2, -0.15) is 0 Å². The van der Waals surface area contributed by atoms with Gasteiger partial charge in [0.25, 0.3) is 0 Å². The highest BCUT2D eigenvalue weighted by atomic mass is 16.5. The molecule has 1 fully saturated rings. The number of hydrogen-bond donors (Lipinski definition) is 3. The Morgan fingerprint density at radius 2 is 2.25 bits per heavy atom. The molecule has 6 heteroatoms. The zero-order chi connectivity index (χ0) is 17.4. The molecule has 0 aromatic heterocycles. The SMILES string of the molecule is CCNC(=NCC1(C)CCCO1)NCCc1ccc(O)c(OC)c1. The van der Waals surface area contributed by atoms with E-state index in [1.54, 1.807) is 13.2 Å². The van der Waals surface area contributed by atoms with Gasteiger partial charge in [-0.05, 0) is 50.8 Å². The highest BCUT2D eigenvalue weighted by molar-refractivity contribution is 5.79. The van der Waals surface area contributed by atoms with E-state index >= 15 is 0 Å². The van der Waals surface area contributed by atoms with Crippen LogP contribution in [0.25, 0.3) is 0 Å². The Morgan fingerprint density at radius 1 is 1.42 bits per heavy atom. The zero-order valence-electron chi connectivity index (χ0n) is 14.9. The largest absolute Gasteiger partial charge is 0.504 e. The van der Waals surface area contributed by atoms with E-state index in [1.807, 2.05) is 12.1 Å². The average molecular weight is 335 g/mol. The molecule has 1 saturated heterocycles. The molecule has 1 unspecified atom stereocenters. The van der Waals surface area contributed by atoms with Crippen LogP contribution in [-0.4, -0.2) is 50.0 Å². The summed E-state index contributed by atoms with van der Waals surface area (Å²) in [5.74, 6) is 1.47. The summed E-state index contributed by atoms with van der Waals surface area (Å²) in [4.78, 5) is 4.65. The summed E-state index contributed by atoms with van der Waals surface area (Å²) >= 11 is 0. The van der Waals surface area contributed by atoms with Crippen molar-refractivity contribution in [3.8, 4) is 11.5 Å². The number of guanidine groups is 1. The predicted octanol–water partition coefficient (Wildman–Crippen LogP) is 2.07. The normalized spacial score (nSPS) is 20.9. The first-order chi connectivity index (χ1) is 11.6. The number of phenols is 1. The van der Waals surface area contributed by atoms with Crippen molar-refractivity contribution < 1.29 is 14.6 Å². The topological polar surface area (TPSA) is 75.1 Å². The molecule has 1 aromatic carbocycles.